The second-order valence-electron chi connectivity index (χ2n) is 14.5. The van der Waals surface area contributed by atoms with Crippen LogP contribution in [0.2, 0.25) is 0 Å². The van der Waals surface area contributed by atoms with E-state index in [9.17, 15) is 0 Å². The average Bonchev–Trinajstić information content (AvgIpc) is 3.72. The molecule has 0 unspecified atom stereocenters. The maximum atomic E-state index is 5.40. The van der Waals surface area contributed by atoms with E-state index >= 15 is 0 Å². The molecule has 0 saturated heterocycles. The van der Waals surface area contributed by atoms with Crippen molar-refractivity contribution in [2.24, 2.45) is 20.0 Å². The summed E-state index contributed by atoms with van der Waals surface area (Å²) in [5.74, 6) is 0.939. The van der Waals surface area contributed by atoms with Crippen LogP contribution >= 0.6 is 0 Å². The molecule has 8 heteroatoms. The van der Waals surface area contributed by atoms with Crippen LogP contribution in [-0.4, -0.2) is 39.8 Å². The summed E-state index contributed by atoms with van der Waals surface area (Å²) in [5.41, 5.74) is 13.9. The first kappa shape index (κ1) is 42.6. The Kier molecular flexibility index (Phi) is 13.1. The fourth-order valence-electron chi connectivity index (χ4n) is 8.27. The van der Waals surface area contributed by atoms with E-state index in [4.69, 9.17) is 9.98 Å². The molecule has 4 heterocycles. The molecule has 0 saturated carbocycles. The minimum absolute atomic E-state index is 0.358. The first-order chi connectivity index (χ1) is 31.7. The number of hydrogen-bond acceptors (Lipinski definition) is 5. The third-order valence-corrected chi connectivity index (χ3v) is 11.0. The lowest BCUT2D eigenvalue weighted by molar-refractivity contribution is 0.961. The quantitative estimate of drug-likeness (QED) is 0.118. The number of benzene rings is 6. The molecule has 0 spiro atoms. The Morgan fingerprint density at radius 1 is 0.609 bits per heavy atom. The fraction of sp³-hybridized carbons (Fsp3) is 0.107. The van der Waals surface area contributed by atoms with Gasteiger partial charge in [-0.15, -0.1) is 0 Å². The van der Waals surface area contributed by atoms with Crippen LogP contribution in [0.5, 0.6) is 0 Å². The molecular weight excluding hydrogens is 785 g/mol. The normalized spacial score (nSPS) is 12.0. The van der Waals surface area contributed by atoms with Crippen molar-refractivity contribution in [2.75, 3.05) is 4.90 Å². The summed E-state index contributed by atoms with van der Waals surface area (Å²) in [7, 11) is 0. The molecule has 0 fully saturated rings. The number of nitrogens with zero attached hydrogens (tertiary/aromatic N) is 8. The van der Waals surface area contributed by atoms with Crippen molar-refractivity contribution in [3.8, 4) is 33.6 Å². The van der Waals surface area contributed by atoms with Crippen molar-refractivity contribution in [2.45, 2.75) is 40.8 Å². The molecule has 1 aliphatic heterocycles. The van der Waals surface area contributed by atoms with Crippen LogP contribution in [0.3, 0.4) is 0 Å². The highest BCUT2D eigenvalue weighted by molar-refractivity contribution is 6.21. The van der Waals surface area contributed by atoms with Gasteiger partial charge in [-0.25, -0.2) is 9.98 Å². The van der Waals surface area contributed by atoms with Gasteiger partial charge in [0.2, 0.25) is 5.96 Å². The number of fused-ring (bicyclic) bond motifs is 7. The average molecular weight is 835 g/mol. The molecule has 64 heavy (non-hydrogen) atoms. The number of aromatic nitrogens is 3. The van der Waals surface area contributed by atoms with Crippen LogP contribution in [0, 0.1) is 0 Å². The number of pyridine rings is 2. The number of aliphatic imine (C=N–C) groups is 4. The highest BCUT2D eigenvalue weighted by atomic mass is 15.2. The molecule has 6 aromatic carbocycles. The lowest BCUT2D eigenvalue weighted by Crippen LogP contribution is -2.22. The summed E-state index contributed by atoms with van der Waals surface area (Å²) in [6.45, 7) is 16.9. The second kappa shape index (κ2) is 19.7. The van der Waals surface area contributed by atoms with Gasteiger partial charge in [-0.1, -0.05) is 137 Å². The van der Waals surface area contributed by atoms with Gasteiger partial charge in [0.15, 0.2) is 5.84 Å². The smallest absolute Gasteiger partial charge is 0.232 e. The molecule has 3 aromatic heterocycles. The van der Waals surface area contributed by atoms with Gasteiger partial charge >= 0.3 is 0 Å². The van der Waals surface area contributed by atoms with E-state index in [1.807, 2.05) is 107 Å². The van der Waals surface area contributed by atoms with Crippen LogP contribution < -0.4 is 4.90 Å². The van der Waals surface area contributed by atoms with E-state index in [1.165, 1.54) is 5.56 Å². The Hall–Kier alpha value is -8.10. The fourth-order valence-corrected chi connectivity index (χ4v) is 8.27. The zero-order valence-electron chi connectivity index (χ0n) is 36.7. The van der Waals surface area contributed by atoms with Gasteiger partial charge < -0.3 is 4.90 Å². The van der Waals surface area contributed by atoms with E-state index in [0.717, 1.165) is 83.6 Å². The maximum Gasteiger partial charge on any atom is 0.232 e. The minimum atomic E-state index is 0.358. The van der Waals surface area contributed by atoms with Crippen LogP contribution in [0.4, 0.5) is 17.1 Å². The van der Waals surface area contributed by atoms with Crippen molar-refractivity contribution in [3.05, 3.63) is 199 Å². The summed E-state index contributed by atoms with van der Waals surface area (Å²) < 4.78 is 2.21. The molecule has 1 aliphatic rings. The Morgan fingerprint density at radius 3 is 1.98 bits per heavy atom. The first-order valence-corrected chi connectivity index (χ1v) is 21.8. The van der Waals surface area contributed by atoms with E-state index < -0.39 is 0 Å². The van der Waals surface area contributed by atoms with Gasteiger partial charge in [0.05, 0.1) is 40.3 Å². The Labute approximate surface area is 375 Å². The molecule has 9 aromatic rings. The molecule has 0 N–H and O–H groups in total. The standard InChI is InChI=1S/C52H38N8.2C2H6/c1-53-45-23-5-8-26-48(45)59-34-39-27-28-41-40-19-3-7-25-47(40)60(50(41)49(39)42-20-4-6-24-46(42)59)52(57-33-35-15-13-16-36(31-35)43-21-9-11-29-55-43)58-51(54-2)38-18-14-17-37(32-38)44-22-10-12-30-56-44;2*1-2/h3-32H,1-2,33-34H2;2*1-2H3/b57-52?,58-51-;;. The highest BCUT2D eigenvalue weighted by Crippen LogP contribution is 2.49. The predicted octanol–water partition coefficient (Wildman–Crippen LogP) is 14.2. The summed E-state index contributed by atoms with van der Waals surface area (Å²) in [6, 6.07) is 58.0. The Bertz CT molecular complexity index is 3150. The lowest BCUT2D eigenvalue weighted by Gasteiger charge is -2.34. The summed E-state index contributed by atoms with van der Waals surface area (Å²) in [6.07, 6.45) is 3.61. The highest BCUT2D eigenvalue weighted by Gasteiger charge is 2.29. The van der Waals surface area contributed by atoms with Gasteiger partial charge in [-0.3, -0.25) is 19.5 Å². The SMILES string of the molecule is C=N/C(=N\C(=NCc1cccc(-c2ccccn2)c1)n1c2ccccc2c2ccc3c(c21)-c1ccccc1N(c1ccccc1N=C)C3)c1cccc(-c2ccccn2)c1.CC.CC. The monoisotopic (exact) mass is 834 g/mol. The van der Waals surface area contributed by atoms with E-state index in [1.54, 1.807) is 6.20 Å². The molecule has 0 radical (unpaired) electrons. The first-order valence-electron chi connectivity index (χ1n) is 21.8. The van der Waals surface area contributed by atoms with Gasteiger partial charge in [-0.2, -0.15) is 4.99 Å². The molecule has 10 rings (SSSR count). The van der Waals surface area contributed by atoms with Gasteiger partial charge in [0.25, 0.3) is 0 Å². The van der Waals surface area contributed by atoms with Crippen LogP contribution in [0.1, 0.15) is 44.4 Å². The number of hydrogen-bond donors (Lipinski definition) is 0. The van der Waals surface area contributed by atoms with E-state index in [0.29, 0.717) is 24.9 Å². The molecule has 0 amide bonds. The third kappa shape index (κ3) is 8.29. The van der Waals surface area contributed by atoms with Crippen molar-refractivity contribution < 1.29 is 0 Å². The number of anilines is 2. The molecule has 0 bridgehead atoms. The molecule has 0 atom stereocenters. The zero-order chi connectivity index (χ0) is 44.4. The van der Waals surface area contributed by atoms with E-state index in [-0.39, 0.29) is 0 Å². The van der Waals surface area contributed by atoms with Crippen LogP contribution in [0.15, 0.2) is 202 Å². The van der Waals surface area contributed by atoms with Crippen molar-refractivity contribution in [3.63, 3.8) is 0 Å². The minimum Gasteiger partial charge on any atom is -0.335 e. The third-order valence-electron chi connectivity index (χ3n) is 11.0. The summed E-state index contributed by atoms with van der Waals surface area (Å²) >= 11 is 0. The molecule has 8 nitrogen and oxygen atoms in total. The lowest BCUT2D eigenvalue weighted by atomic mass is 9.90. The largest absolute Gasteiger partial charge is 0.335 e. The zero-order valence-corrected chi connectivity index (χ0v) is 36.7. The van der Waals surface area contributed by atoms with Crippen molar-refractivity contribution >= 4 is 64.1 Å². The number of para-hydroxylation sites is 4. The predicted molar refractivity (Wildman–Crippen MR) is 271 cm³/mol. The van der Waals surface area contributed by atoms with Crippen LogP contribution in [0.25, 0.3) is 55.4 Å². The van der Waals surface area contributed by atoms with Gasteiger partial charge in [-0.05, 0) is 85.2 Å². The topological polar surface area (TPSA) is 83.4 Å². The van der Waals surface area contributed by atoms with Crippen molar-refractivity contribution in [1.82, 2.24) is 14.5 Å². The Balaban J connectivity index is 0.00000136. The summed E-state index contributed by atoms with van der Waals surface area (Å²) in [5, 5.41) is 2.20. The molecule has 314 valence electrons. The maximum absolute atomic E-state index is 5.40. The molecule has 0 aliphatic carbocycles. The van der Waals surface area contributed by atoms with Crippen LogP contribution in [-0.2, 0) is 13.1 Å². The molecular formula is C56H50N8. The van der Waals surface area contributed by atoms with E-state index in [2.05, 4.69) is 140 Å². The number of amidine groups is 1. The van der Waals surface area contributed by atoms with Crippen molar-refractivity contribution in [1.29, 1.82) is 0 Å². The number of rotatable bonds is 7. The Morgan fingerprint density at radius 2 is 1.27 bits per heavy atom. The second-order valence-corrected chi connectivity index (χ2v) is 14.5. The summed E-state index contributed by atoms with van der Waals surface area (Å²) in [4.78, 5) is 31.2. The van der Waals surface area contributed by atoms with Gasteiger partial charge in [0, 0.05) is 63.2 Å². The van der Waals surface area contributed by atoms with Gasteiger partial charge in [0.1, 0.15) is 0 Å².